The van der Waals surface area contributed by atoms with Crippen molar-refractivity contribution < 1.29 is 28.2 Å². The molecule has 2 aromatic rings. The van der Waals surface area contributed by atoms with Crippen LogP contribution in [0.3, 0.4) is 0 Å². The molecule has 0 aliphatic carbocycles. The Morgan fingerprint density at radius 3 is 2.37 bits per heavy atom. The molecule has 0 spiro atoms. The van der Waals surface area contributed by atoms with Gasteiger partial charge in [0, 0.05) is 11.8 Å². The molecule has 2 rings (SSSR count). The second-order valence-electron chi connectivity index (χ2n) is 5.20. The quantitative estimate of drug-likeness (QED) is 0.786. The zero-order valence-corrected chi connectivity index (χ0v) is 14.6. The van der Waals surface area contributed by atoms with E-state index in [2.05, 4.69) is 20.1 Å². The minimum absolute atomic E-state index is 0.0541. The fraction of sp³-hybridized carbons (Fsp3) is 0.105. The van der Waals surface area contributed by atoms with Gasteiger partial charge < -0.3 is 20.1 Å². The third-order valence-corrected chi connectivity index (χ3v) is 3.48. The molecule has 0 heterocycles. The van der Waals surface area contributed by atoms with Gasteiger partial charge in [0.25, 0.3) is 0 Å². The van der Waals surface area contributed by atoms with Crippen LogP contribution in [0.1, 0.15) is 26.3 Å². The largest absolute Gasteiger partial charge is 0.465 e. The lowest BCUT2D eigenvalue weighted by atomic mass is 10.1. The summed E-state index contributed by atoms with van der Waals surface area (Å²) in [7, 11) is 2.40. The van der Waals surface area contributed by atoms with Crippen molar-refractivity contribution >= 4 is 29.7 Å². The molecule has 2 N–H and O–H groups in total. The zero-order chi connectivity index (χ0) is 19.8. The van der Waals surface area contributed by atoms with E-state index >= 15 is 0 Å². The Hall–Kier alpha value is -3.68. The molecule has 0 saturated carbocycles. The SMILES string of the molecule is COC(=O)c1ccc(C(=O)OC)c(NC(=O)N/C=C/c2ccccc2F)c1. The molecule has 0 bridgehead atoms. The molecule has 0 unspecified atom stereocenters. The number of methoxy groups -OCH3 is 2. The van der Waals surface area contributed by atoms with Gasteiger partial charge in [0.05, 0.1) is 31.0 Å². The van der Waals surface area contributed by atoms with Crippen LogP contribution in [-0.2, 0) is 9.47 Å². The van der Waals surface area contributed by atoms with Crippen LogP contribution in [0.25, 0.3) is 6.08 Å². The van der Waals surface area contributed by atoms with Gasteiger partial charge >= 0.3 is 18.0 Å². The highest BCUT2D eigenvalue weighted by Gasteiger charge is 2.17. The predicted octanol–water partition coefficient (Wildman–Crippen LogP) is 3.19. The van der Waals surface area contributed by atoms with Gasteiger partial charge in [-0.1, -0.05) is 18.2 Å². The normalized spacial score (nSPS) is 10.3. The molecule has 0 radical (unpaired) electrons. The van der Waals surface area contributed by atoms with Gasteiger partial charge in [-0.25, -0.2) is 18.8 Å². The molecule has 0 aliphatic rings. The van der Waals surface area contributed by atoms with Crippen molar-refractivity contribution in [2.24, 2.45) is 0 Å². The van der Waals surface area contributed by atoms with Gasteiger partial charge in [-0.15, -0.1) is 0 Å². The van der Waals surface area contributed by atoms with Gasteiger partial charge in [0.1, 0.15) is 5.82 Å². The maximum Gasteiger partial charge on any atom is 0.339 e. The first kappa shape index (κ1) is 19.6. The van der Waals surface area contributed by atoms with Crippen molar-refractivity contribution in [1.29, 1.82) is 0 Å². The minimum Gasteiger partial charge on any atom is -0.465 e. The average Bonchev–Trinajstić information content (AvgIpc) is 2.68. The fourth-order valence-electron chi connectivity index (χ4n) is 2.16. The first-order chi connectivity index (χ1) is 13.0. The summed E-state index contributed by atoms with van der Waals surface area (Å²) in [4.78, 5) is 35.6. The number of carbonyl (C=O) groups is 3. The monoisotopic (exact) mass is 372 g/mol. The molecule has 2 aromatic carbocycles. The highest BCUT2D eigenvalue weighted by Crippen LogP contribution is 2.19. The van der Waals surface area contributed by atoms with Gasteiger partial charge in [0.15, 0.2) is 0 Å². The first-order valence-electron chi connectivity index (χ1n) is 7.75. The second kappa shape index (κ2) is 9.14. The lowest BCUT2D eigenvalue weighted by molar-refractivity contribution is 0.0587. The number of rotatable bonds is 5. The fourth-order valence-corrected chi connectivity index (χ4v) is 2.16. The lowest BCUT2D eigenvalue weighted by Crippen LogP contribution is -2.25. The Balaban J connectivity index is 2.16. The summed E-state index contributed by atoms with van der Waals surface area (Å²) in [6.45, 7) is 0. The summed E-state index contributed by atoms with van der Waals surface area (Å²) in [6, 6.07) is 9.34. The number of esters is 2. The van der Waals surface area contributed by atoms with Gasteiger partial charge in [-0.3, -0.25) is 0 Å². The molecule has 0 fully saturated rings. The highest BCUT2D eigenvalue weighted by molar-refractivity contribution is 6.03. The second-order valence-corrected chi connectivity index (χ2v) is 5.20. The van der Waals surface area contributed by atoms with Gasteiger partial charge in [-0.05, 0) is 30.3 Å². The first-order valence-corrected chi connectivity index (χ1v) is 7.75. The number of halogens is 1. The summed E-state index contributed by atoms with van der Waals surface area (Å²) in [6.07, 6.45) is 2.62. The molecule has 27 heavy (non-hydrogen) atoms. The molecule has 2 amide bonds. The molecule has 0 saturated heterocycles. The Labute approximate surface area is 154 Å². The van der Waals surface area contributed by atoms with E-state index in [1.807, 2.05) is 0 Å². The van der Waals surface area contributed by atoms with Crippen LogP contribution in [0, 0.1) is 5.82 Å². The van der Waals surface area contributed by atoms with E-state index in [-0.39, 0.29) is 16.8 Å². The lowest BCUT2D eigenvalue weighted by Gasteiger charge is -2.11. The third-order valence-electron chi connectivity index (χ3n) is 3.48. The standard InChI is InChI=1S/C19H17FN2O5/c1-26-17(23)13-7-8-14(18(24)27-2)16(11-13)22-19(25)21-10-9-12-5-3-4-6-15(12)20/h3-11H,1-2H3,(H2,21,22,25)/b10-9+. The molecule has 0 aromatic heterocycles. The number of carbonyl (C=O) groups excluding carboxylic acids is 3. The van der Waals surface area contributed by atoms with Crippen molar-refractivity contribution in [1.82, 2.24) is 5.32 Å². The van der Waals surface area contributed by atoms with E-state index in [1.165, 1.54) is 50.8 Å². The highest BCUT2D eigenvalue weighted by atomic mass is 19.1. The Kier molecular flexibility index (Phi) is 6.65. The third kappa shape index (κ3) is 5.15. The number of amides is 2. The average molecular weight is 372 g/mol. The molecular formula is C19H17FN2O5. The number of benzene rings is 2. The van der Waals surface area contributed by atoms with Crippen LogP contribution < -0.4 is 10.6 Å². The van der Waals surface area contributed by atoms with E-state index in [9.17, 15) is 18.8 Å². The summed E-state index contributed by atoms with van der Waals surface area (Å²) in [5, 5.41) is 4.83. The summed E-state index contributed by atoms with van der Waals surface area (Å²) in [5.74, 6) is -1.76. The van der Waals surface area contributed by atoms with Gasteiger partial charge in [0.2, 0.25) is 0 Å². The Morgan fingerprint density at radius 1 is 1.00 bits per heavy atom. The zero-order valence-electron chi connectivity index (χ0n) is 14.6. The number of anilines is 1. The maximum absolute atomic E-state index is 13.5. The van der Waals surface area contributed by atoms with Crippen LogP contribution in [0.15, 0.2) is 48.7 Å². The number of hydrogen-bond acceptors (Lipinski definition) is 5. The van der Waals surface area contributed by atoms with Crippen LogP contribution in [-0.4, -0.2) is 32.2 Å². The maximum atomic E-state index is 13.5. The summed E-state index contributed by atoms with van der Waals surface area (Å²) < 4.78 is 22.8. The topological polar surface area (TPSA) is 93.7 Å². The van der Waals surface area contributed by atoms with Crippen LogP contribution in [0.5, 0.6) is 0 Å². The molecular weight excluding hydrogens is 355 g/mol. The summed E-state index contributed by atoms with van der Waals surface area (Å²) in [5.41, 5.74) is 0.544. The van der Waals surface area contributed by atoms with Gasteiger partial charge in [-0.2, -0.15) is 0 Å². The van der Waals surface area contributed by atoms with E-state index in [4.69, 9.17) is 0 Å². The Bertz CT molecular complexity index is 895. The van der Waals surface area contributed by atoms with Crippen LogP contribution in [0.2, 0.25) is 0 Å². The molecule has 8 heteroatoms. The van der Waals surface area contributed by atoms with Crippen molar-refractivity contribution in [2.45, 2.75) is 0 Å². The summed E-state index contributed by atoms with van der Waals surface area (Å²) >= 11 is 0. The number of nitrogens with one attached hydrogen (secondary N) is 2. The predicted molar refractivity (Wildman–Crippen MR) is 96.7 cm³/mol. The van der Waals surface area contributed by atoms with Crippen LogP contribution >= 0.6 is 0 Å². The molecule has 7 nitrogen and oxygen atoms in total. The van der Waals surface area contributed by atoms with Crippen molar-refractivity contribution in [3.05, 3.63) is 71.2 Å². The van der Waals surface area contributed by atoms with E-state index in [0.717, 1.165) is 0 Å². The number of hydrogen-bond donors (Lipinski definition) is 2. The van der Waals surface area contributed by atoms with Crippen LogP contribution in [0.4, 0.5) is 14.9 Å². The van der Waals surface area contributed by atoms with Crippen molar-refractivity contribution in [3.63, 3.8) is 0 Å². The molecule has 0 aliphatic heterocycles. The smallest absolute Gasteiger partial charge is 0.339 e. The molecule has 140 valence electrons. The number of urea groups is 1. The van der Waals surface area contributed by atoms with E-state index in [0.29, 0.717) is 5.56 Å². The van der Waals surface area contributed by atoms with E-state index < -0.39 is 23.8 Å². The Morgan fingerprint density at radius 2 is 1.70 bits per heavy atom. The van der Waals surface area contributed by atoms with Crippen molar-refractivity contribution in [3.8, 4) is 0 Å². The van der Waals surface area contributed by atoms with Crippen molar-refractivity contribution in [2.75, 3.05) is 19.5 Å². The molecule has 0 atom stereocenters. The van der Waals surface area contributed by atoms with E-state index in [1.54, 1.807) is 18.2 Å². The minimum atomic E-state index is -0.699. The number of ether oxygens (including phenoxy) is 2.